The van der Waals surface area contributed by atoms with E-state index in [1.165, 1.54) is 111 Å². The number of amides is 17. The Kier molecular flexibility index (Phi) is 44.8. The molecule has 8 atom stereocenters. The summed E-state index contributed by atoms with van der Waals surface area (Å²) >= 11 is 0. The van der Waals surface area contributed by atoms with Crippen molar-refractivity contribution in [2.24, 2.45) is 47.3 Å². The highest BCUT2D eigenvalue weighted by molar-refractivity contribution is 6.04. The third kappa shape index (κ3) is 42.1. The van der Waals surface area contributed by atoms with Crippen LogP contribution < -0.4 is 107 Å². The average Bonchev–Trinajstić information content (AvgIpc) is 0.824. The van der Waals surface area contributed by atoms with Crippen molar-refractivity contribution in [1.82, 2.24) is 105 Å². The largest absolute Gasteiger partial charge is 0.444 e. The standard InChI is InChI=1S/C90H163N23O18/c1-46(2)38-54(62(114)106-83(20,21)70(122)93-36-37-94-80-104-78(91)103-79(92)105-80)95-71(123)84(22,23)107-63(115)55(39-47(3)4)96-72(124)85(24,25)108-64(116)56(40-48(5)6)97-73(125)86(26,27)109-65(117)57(41-49(7)8)98-74(126)87(28,29)110-66(118)58(42-50(9)10)99-75(127)88(30,31)111-67(119)59(43-51(11)12)100-76(128)89(32,33)112-68(120)60(44-52(13)14)101-77(129)90(34,35)113-69(121)61(45-53(15)16)102-81(130)131-82(17,18)19/h46-61H,36-45H2,1-35H3,(H,93,122)(H,95,123)(H,96,124)(H,97,125)(H,98,126)(H,99,127)(H,100,128)(H,101,129)(H,102,130)(H,106,114)(H,107,115)(H,108,116)(H,109,117)(H,110,118)(H,111,119)(H,112,120)(H,113,121)(H5,91,92,94,103,104,105)/t54-,55-,56-,57-,58-,59-,60-,61-/m0/s1. The maximum absolute atomic E-state index is 14.5. The van der Waals surface area contributed by atoms with Crippen molar-refractivity contribution >= 4 is 118 Å². The van der Waals surface area contributed by atoms with Crippen LogP contribution in [0.3, 0.4) is 0 Å². The van der Waals surface area contributed by atoms with Crippen molar-refractivity contribution in [3.63, 3.8) is 0 Å². The van der Waals surface area contributed by atoms with Gasteiger partial charge in [-0.15, -0.1) is 0 Å². The first-order valence-corrected chi connectivity index (χ1v) is 45.4. The van der Waals surface area contributed by atoms with E-state index in [4.69, 9.17) is 16.2 Å². The van der Waals surface area contributed by atoms with E-state index in [1.807, 2.05) is 41.5 Å². The summed E-state index contributed by atoms with van der Waals surface area (Å²) < 4.78 is 5.38. The van der Waals surface area contributed by atoms with Crippen LogP contribution in [-0.4, -0.2) is 227 Å². The van der Waals surface area contributed by atoms with E-state index in [9.17, 15) is 81.5 Å². The molecule has 746 valence electrons. The smallest absolute Gasteiger partial charge is 0.408 e. The Morgan fingerprint density at radius 2 is 0.405 bits per heavy atom. The van der Waals surface area contributed by atoms with Gasteiger partial charge >= 0.3 is 6.09 Å². The summed E-state index contributed by atoms with van der Waals surface area (Å²) in [6.45, 7) is 56.7. The molecule has 1 aromatic heterocycles. The van der Waals surface area contributed by atoms with Gasteiger partial charge in [0.2, 0.25) is 112 Å². The molecule has 1 rings (SSSR count). The lowest BCUT2D eigenvalue weighted by atomic mass is 9.95. The summed E-state index contributed by atoms with van der Waals surface area (Å²) in [4.78, 5) is 252. The molecule has 0 radical (unpaired) electrons. The second kappa shape index (κ2) is 49.6. The monoisotopic (exact) mass is 1850 g/mol. The zero-order valence-electron chi connectivity index (χ0n) is 84.7. The molecule has 1 aromatic rings. The maximum Gasteiger partial charge on any atom is 0.408 e. The quantitative estimate of drug-likeness (QED) is 0.0416. The number of nitrogens with zero attached hydrogens (tertiary/aromatic N) is 3. The second-order valence-corrected chi connectivity index (χ2v) is 42.9. The molecule has 0 fully saturated rings. The highest BCUT2D eigenvalue weighted by Crippen LogP contribution is 2.22. The van der Waals surface area contributed by atoms with Gasteiger partial charge in [0.1, 0.15) is 98.2 Å². The summed E-state index contributed by atoms with van der Waals surface area (Å²) in [5, 5.41) is 48.9. The number of nitrogen functional groups attached to an aromatic ring is 2. The molecule has 41 heteroatoms. The van der Waals surface area contributed by atoms with Crippen molar-refractivity contribution < 1.29 is 86.2 Å². The molecule has 1 heterocycles. The van der Waals surface area contributed by atoms with Crippen LogP contribution >= 0.6 is 0 Å². The van der Waals surface area contributed by atoms with Gasteiger partial charge in [-0.05, 0) is 230 Å². The zero-order chi connectivity index (χ0) is 102. The van der Waals surface area contributed by atoms with Crippen LogP contribution in [-0.2, 0) is 81.4 Å². The van der Waals surface area contributed by atoms with Crippen molar-refractivity contribution in [2.45, 2.75) is 392 Å². The number of anilines is 3. The molecule has 0 aliphatic heterocycles. The molecule has 41 nitrogen and oxygen atoms in total. The lowest BCUT2D eigenvalue weighted by Gasteiger charge is -2.35. The Morgan fingerprint density at radius 3 is 0.565 bits per heavy atom. The Hall–Kier alpha value is -10.8. The van der Waals surface area contributed by atoms with E-state index in [2.05, 4.69) is 111 Å². The lowest BCUT2D eigenvalue weighted by Crippen LogP contribution is -2.66. The van der Waals surface area contributed by atoms with Crippen LogP contribution in [0.2, 0.25) is 0 Å². The molecule has 22 N–H and O–H groups in total. The minimum atomic E-state index is -1.80. The number of hydrogen-bond acceptors (Lipinski definition) is 24. The van der Waals surface area contributed by atoms with Crippen molar-refractivity contribution in [3.8, 4) is 0 Å². The van der Waals surface area contributed by atoms with E-state index in [1.54, 1.807) is 90.0 Å². The van der Waals surface area contributed by atoms with Gasteiger partial charge < -0.3 is 112 Å². The van der Waals surface area contributed by atoms with E-state index in [-0.39, 0.29) is 130 Å². The van der Waals surface area contributed by atoms with Crippen LogP contribution in [0.4, 0.5) is 22.6 Å². The van der Waals surface area contributed by atoms with Gasteiger partial charge in [0, 0.05) is 13.1 Å². The fourth-order valence-electron chi connectivity index (χ4n) is 13.1. The molecule has 131 heavy (non-hydrogen) atoms. The molecule has 0 aliphatic carbocycles. The van der Waals surface area contributed by atoms with Gasteiger partial charge in [0.15, 0.2) is 0 Å². The number of hydrogen-bond donors (Lipinski definition) is 20. The summed E-state index contributed by atoms with van der Waals surface area (Å²) in [6.07, 6.45) is -0.192. The molecule has 0 unspecified atom stereocenters. The first-order valence-electron chi connectivity index (χ1n) is 45.4. The van der Waals surface area contributed by atoms with Crippen molar-refractivity contribution in [3.05, 3.63) is 0 Å². The topological polar surface area (TPSA) is 607 Å². The average molecular weight is 1860 g/mol. The number of nitrogens with two attached hydrogens (primary N) is 2. The fraction of sp³-hybridized carbons (Fsp3) is 0.778. The van der Waals surface area contributed by atoms with Gasteiger partial charge in [0.25, 0.3) is 0 Å². The Balaban J connectivity index is 3.37. The van der Waals surface area contributed by atoms with Gasteiger partial charge in [0.05, 0.1) is 0 Å². The van der Waals surface area contributed by atoms with E-state index < -0.39 is 199 Å². The molecule has 0 aliphatic rings. The van der Waals surface area contributed by atoms with Crippen molar-refractivity contribution in [1.29, 1.82) is 0 Å². The summed E-state index contributed by atoms with van der Waals surface area (Å²) in [7, 11) is 0. The lowest BCUT2D eigenvalue weighted by molar-refractivity contribution is -0.140. The predicted molar refractivity (Wildman–Crippen MR) is 500 cm³/mol. The molecule has 0 saturated heterocycles. The number of carbonyl (C=O) groups excluding carboxylic acids is 17. The molecule has 0 aromatic carbocycles. The highest BCUT2D eigenvalue weighted by atomic mass is 16.6. The SMILES string of the molecule is CC(C)C[C@H](NC(=O)OC(C)(C)C)C(=O)NC(C)(C)C(=O)N[C@@H](CC(C)C)C(=O)NC(C)(C)C(=O)N[C@@H](CC(C)C)C(=O)NC(C)(C)C(=O)N[C@@H](CC(C)C)C(=O)NC(C)(C)C(=O)N[C@@H](CC(C)C)C(=O)NC(C)(C)C(=O)N[C@@H](CC(C)C)C(=O)NC(C)(C)C(=O)N[C@@H](CC(C)C)C(=O)NC(C)(C)C(=O)N[C@@H](CC(C)C)C(=O)NC(C)(C)C(=O)NCCNc1nc(N)nc(N)n1. The minimum absolute atomic E-state index is 0.0252. The van der Waals surface area contributed by atoms with Crippen LogP contribution in [0.25, 0.3) is 0 Å². The second-order valence-electron chi connectivity index (χ2n) is 42.9. The van der Waals surface area contributed by atoms with Crippen LogP contribution in [0, 0.1) is 47.3 Å². The third-order valence-electron chi connectivity index (χ3n) is 20.4. The highest BCUT2D eigenvalue weighted by Gasteiger charge is 2.46. The molecule has 0 spiro atoms. The first-order chi connectivity index (χ1) is 59.4. The number of nitrogens with one attached hydrogen (secondary N) is 18. The van der Waals surface area contributed by atoms with Gasteiger partial charge in [-0.2, -0.15) is 15.0 Å². The minimum Gasteiger partial charge on any atom is -0.444 e. The zero-order valence-corrected chi connectivity index (χ0v) is 84.7. The van der Waals surface area contributed by atoms with Crippen LogP contribution in [0.15, 0.2) is 0 Å². The predicted octanol–water partition coefficient (Wildman–Crippen LogP) is 3.38. The van der Waals surface area contributed by atoms with Crippen LogP contribution in [0.1, 0.15) is 294 Å². The molecule has 17 amide bonds. The number of aromatic nitrogens is 3. The Morgan fingerprint density at radius 1 is 0.244 bits per heavy atom. The molecule has 0 bridgehead atoms. The molecular formula is C90H163N23O18. The third-order valence-corrected chi connectivity index (χ3v) is 20.4. The number of carbonyl (C=O) groups is 17. The molecule has 0 saturated carbocycles. The number of alkyl carbamates (subject to hydrolysis) is 1. The summed E-state index contributed by atoms with van der Waals surface area (Å²) in [5.41, 5.74) is -3.29. The van der Waals surface area contributed by atoms with Crippen molar-refractivity contribution in [2.75, 3.05) is 29.9 Å². The Bertz CT molecular complexity index is 4100. The Labute approximate surface area is 775 Å². The summed E-state index contributed by atoms with van der Waals surface area (Å²) in [5.74, 6) is -14.0. The van der Waals surface area contributed by atoms with Gasteiger partial charge in [-0.25, -0.2) is 4.79 Å². The maximum atomic E-state index is 14.5. The first kappa shape index (κ1) is 118. The van der Waals surface area contributed by atoms with E-state index in [0.29, 0.717) is 0 Å². The summed E-state index contributed by atoms with van der Waals surface area (Å²) in [6, 6.07) is -10.0. The fourth-order valence-corrected chi connectivity index (χ4v) is 13.1. The van der Waals surface area contributed by atoms with E-state index in [0.717, 1.165) is 0 Å². The molecular weight excluding hydrogens is 1690 g/mol. The normalized spacial score (nSPS) is 14.3. The number of ether oxygens (including phenoxy) is 1. The van der Waals surface area contributed by atoms with Crippen LogP contribution in [0.5, 0.6) is 0 Å². The van der Waals surface area contributed by atoms with E-state index >= 15 is 0 Å². The van der Waals surface area contributed by atoms with Gasteiger partial charge in [-0.3, -0.25) is 76.7 Å². The number of rotatable bonds is 52. The van der Waals surface area contributed by atoms with Gasteiger partial charge in [-0.1, -0.05) is 111 Å².